The number of hydrogen-bond donors (Lipinski definition) is 2. The topological polar surface area (TPSA) is 48.1 Å². The molecule has 0 spiro atoms. The average Bonchev–Trinajstić information content (AvgIpc) is 2.99. The first kappa shape index (κ1) is 13.8. The van der Waals surface area contributed by atoms with Gasteiger partial charge in [0.2, 0.25) is 5.91 Å². The first-order chi connectivity index (χ1) is 10.7. The van der Waals surface area contributed by atoms with Crippen molar-refractivity contribution in [2.45, 2.75) is 38.3 Å². The van der Waals surface area contributed by atoms with Gasteiger partial charge in [-0.05, 0) is 61.2 Å². The van der Waals surface area contributed by atoms with Crippen molar-refractivity contribution in [2.75, 3.05) is 13.1 Å². The minimum absolute atomic E-state index is 0.153. The van der Waals surface area contributed by atoms with Crippen molar-refractivity contribution in [1.29, 1.82) is 0 Å². The largest absolute Gasteiger partial charge is 0.366 e. The lowest BCUT2D eigenvalue weighted by Crippen LogP contribution is -2.62. The smallest absolute Gasteiger partial charge is 0.224 e. The van der Waals surface area contributed by atoms with E-state index in [9.17, 15) is 4.79 Å². The van der Waals surface area contributed by atoms with Crippen LogP contribution in [0.1, 0.15) is 25.3 Å². The summed E-state index contributed by atoms with van der Waals surface area (Å²) in [7, 11) is 0. The summed E-state index contributed by atoms with van der Waals surface area (Å²) in [5.41, 5.74) is 1.08. The number of rotatable bonds is 3. The van der Waals surface area contributed by atoms with Crippen LogP contribution in [0.25, 0.3) is 10.8 Å². The van der Waals surface area contributed by atoms with Crippen LogP contribution in [0.4, 0.5) is 0 Å². The predicted molar refractivity (Wildman–Crippen MR) is 87.7 cm³/mol. The minimum atomic E-state index is 0.153. The molecule has 2 bridgehead atoms. The lowest BCUT2D eigenvalue weighted by molar-refractivity contribution is -0.123. The molecule has 4 heterocycles. The Morgan fingerprint density at radius 1 is 1.27 bits per heavy atom. The Morgan fingerprint density at radius 2 is 2.05 bits per heavy atom. The van der Waals surface area contributed by atoms with Crippen LogP contribution in [0.5, 0.6) is 0 Å². The summed E-state index contributed by atoms with van der Waals surface area (Å²) < 4.78 is 0. The zero-order valence-electron chi connectivity index (χ0n) is 13.0. The number of fused-ring (bicyclic) bond motifs is 4. The van der Waals surface area contributed by atoms with Gasteiger partial charge in [0.25, 0.3) is 0 Å². The Balaban J connectivity index is 1.43. The maximum Gasteiger partial charge on any atom is 0.224 e. The molecule has 3 fully saturated rings. The van der Waals surface area contributed by atoms with Crippen LogP contribution in [0.15, 0.2) is 30.6 Å². The third kappa shape index (κ3) is 2.41. The van der Waals surface area contributed by atoms with E-state index in [-0.39, 0.29) is 5.91 Å². The number of carbonyl (C=O) groups is 1. The third-order valence-corrected chi connectivity index (χ3v) is 5.50. The SMILES string of the molecule is C[C@@H]1[C@H](NC(=O)Cc2ccc3c[nH]cc3c2)C2CCN1CC2. The number of amides is 1. The molecule has 4 nitrogen and oxygen atoms in total. The average molecular weight is 297 g/mol. The maximum atomic E-state index is 12.4. The summed E-state index contributed by atoms with van der Waals surface area (Å²) in [4.78, 5) is 18.1. The van der Waals surface area contributed by atoms with E-state index >= 15 is 0 Å². The monoisotopic (exact) mass is 297 g/mol. The third-order valence-electron chi connectivity index (χ3n) is 5.50. The Hall–Kier alpha value is -1.81. The van der Waals surface area contributed by atoms with Gasteiger partial charge < -0.3 is 10.3 Å². The van der Waals surface area contributed by atoms with E-state index in [2.05, 4.69) is 40.3 Å². The molecule has 1 aromatic heterocycles. The molecule has 0 aliphatic carbocycles. The normalized spacial score (nSPS) is 30.6. The first-order valence-corrected chi connectivity index (χ1v) is 8.29. The highest BCUT2D eigenvalue weighted by molar-refractivity contribution is 5.85. The highest BCUT2D eigenvalue weighted by Crippen LogP contribution is 2.32. The van der Waals surface area contributed by atoms with Crippen LogP contribution in [-0.4, -0.2) is 41.0 Å². The number of carbonyl (C=O) groups excluding carboxylic acids is 1. The number of aromatic amines is 1. The first-order valence-electron chi connectivity index (χ1n) is 8.29. The van der Waals surface area contributed by atoms with Gasteiger partial charge >= 0.3 is 0 Å². The fourth-order valence-electron chi connectivity index (χ4n) is 4.18. The number of nitrogens with one attached hydrogen (secondary N) is 2. The predicted octanol–water partition coefficient (Wildman–Crippen LogP) is 2.31. The van der Waals surface area contributed by atoms with Crippen LogP contribution in [0.2, 0.25) is 0 Å². The van der Waals surface area contributed by atoms with E-state index in [0.717, 1.165) is 5.56 Å². The summed E-state index contributed by atoms with van der Waals surface area (Å²) in [6.07, 6.45) is 6.88. The Morgan fingerprint density at radius 3 is 2.82 bits per heavy atom. The zero-order valence-corrected chi connectivity index (χ0v) is 13.0. The molecule has 1 amide bonds. The van der Waals surface area contributed by atoms with Gasteiger partial charge in [0.15, 0.2) is 0 Å². The van der Waals surface area contributed by atoms with Gasteiger partial charge in [-0.3, -0.25) is 9.69 Å². The van der Waals surface area contributed by atoms with Crippen molar-refractivity contribution in [3.63, 3.8) is 0 Å². The summed E-state index contributed by atoms with van der Waals surface area (Å²) >= 11 is 0. The molecular weight excluding hydrogens is 274 g/mol. The standard InChI is InChI=1S/C18H23N3O/c1-12-18(14-4-6-21(12)7-5-14)20-17(22)9-13-2-3-15-10-19-11-16(15)8-13/h2-3,8,10-12,14,18-19H,4-7,9H2,1H3,(H,20,22)/t12-,18+/m1/s1. The highest BCUT2D eigenvalue weighted by atomic mass is 16.1. The molecule has 3 saturated heterocycles. The molecule has 2 aromatic rings. The van der Waals surface area contributed by atoms with Gasteiger partial charge in [-0.25, -0.2) is 0 Å². The van der Waals surface area contributed by atoms with E-state index < -0.39 is 0 Å². The molecular formula is C18H23N3O. The fourth-order valence-corrected chi connectivity index (χ4v) is 4.18. The van der Waals surface area contributed by atoms with Crippen LogP contribution < -0.4 is 5.32 Å². The molecule has 116 valence electrons. The quantitative estimate of drug-likeness (QED) is 0.913. The second kappa shape index (κ2) is 5.43. The van der Waals surface area contributed by atoms with Gasteiger partial charge in [-0.1, -0.05) is 12.1 Å². The lowest BCUT2D eigenvalue weighted by Gasteiger charge is -2.50. The highest BCUT2D eigenvalue weighted by Gasteiger charge is 2.40. The number of H-pyrrole nitrogens is 1. The Kier molecular flexibility index (Phi) is 3.41. The van der Waals surface area contributed by atoms with Gasteiger partial charge in [0, 0.05) is 24.5 Å². The number of hydrogen-bond acceptors (Lipinski definition) is 2. The molecule has 22 heavy (non-hydrogen) atoms. The van der Waals surface area contributed by atoms with Crippen LogP contribution in [0.3, 0.4) is 0 Å². The number of benzene rings is 1. The van der Waals surface area contributed by atoms with Crippen LogP contribution in [-0.2, 0) is 11.2 Å². The second-order valence-corrected chi connectivity index (χ2v) is 6.80. The molecule has 0 radical (unpaired) electrons. The molecule has 3 aliphatic heterocycles. The van der Waals surface area contributed by atoms with Crippen molar-refractivity contribution >= 4 is 16.7 Å². The number of aromatic nitrogens is 1. The van der Waals surface area contributed by atoms with E-state index in [1.54, 1.807) is 0 Å². The van der Waals surface area contributed by atoms with Crippen molar-refractivity contribution in [3.05, 3.63) is 36.2 Å². The molecule has 3 aliphatic rings. The van der Waals surface area contributed by atoms with E-state index in [1.807, 2.05) is 12.4 Å². The van der Waals surface area contributed by atoms with Crippen molar-refractivity contribution in [2.24, 2.45) is 5.92 Å². The summed E-state index contributed by atoms with van der Waals surface area (Å²) in [5.74, 6) is 0.816. The molecule has 2 atom stereocenters. The van der Waals surface area contributed by atoms with Gasteiger partial charge in [0.05, 0.1) is 6.42 Å². The van der Waals surface area contributed by atoms with Crippen molar-refractivity contribution in [1.82, 2.24) is 15.2 Å². The molecule has 1 aromatic carbocycles. The summed E-state index contributed by atoms with van der Waals surface area (Å²) in [6, 6.07) is 7.03. The zero-order chi connectivity index (χ0) is 15.1. The van der Waals surface area contributed by atoms with Crippen molar-refractivity contribution < 1.29 is 4.79 Å². The van der Waals surface area contributed by atoms with Gasteiger partial charge in [-0.15, -0.1) is 0 Å². The van der Waals surface area contributed by atoms with E-state index in [1.165, 1.54) is 36.7 Å². The summed E-state index contributed by atoms with van der Waals surface area (Å²) in [5, 5.41) is 5.66. The Labute approximate surface area is 130 Å². The van der Waals surface area contributed by atoms with Crippen molar-refractivity contribution in [3.8, 4) is 0 Å². The molecule has 0 unspecified atom stereocenters. The van der Waals surface area contributed by atoms with E-state index in [0.29, 0.717) is 24.4 Å². The molecule has 0 saturated carbocycles. The van der Waals surface area contributed by atoms with E-state index in [4.69, 9.17) is 0 Å². The lowest BCUT2D eigenvalue weighted by atomic mass is 9.79. The minimum Gasteiger partial charge on any atom is -0.366 e. The van der Waals surface area contributed by atoms with Crippen LogP contribution >= 0.6 is 0 Å². The molecule has 4 heteroatoms. The van der Waals surface area contributed by atoms with Gasteiger partial charge in [-0.2, -0.15) is 0 Å². The molecule has 5 rings (SSSR count). The van der Waals surface area contributed by atoms with Crippen LogP contribution in [0, 0.1) is 5.92 Å². The fraction of sp³-hybridized carbons (Fsp3) is 0.500. The van der Waals surface area contributed by atoms with Gasteiger partial charge in [0.1, 0.15) is 0 Å². The number of piperidine rings is 3. The summed E-state index contributed by atoms with van der Waals surface area (Å²) in [6.45, 7) is 4.65. The molecule has 2 N–H and O–H groups in total. The second-order valence-electron chi connectivity index (χ2n) is 6.80. The number of nitrogens with zero attached hydrogens (tertiary/aromatic N) is 1. The maximum absolute atomic E-state index is 12.4. The Bertz CT molecular complexity index is 682.